The molecule has 3 heterocycles. The summed E-state index contributed by atoms with van der Waals surface area (Å²) in [6.45, 7) is 3.10. The number of nitrogens with zero attached hydrogens (tertiary/aromatic N) is 2. The van der Waals surface area contributed by atoms with Crippen LogP contribution >= 0.6 is 0 Å². The van der Waals surface area contributed by atoms with E-state index in [1.54, 1.807) is 6.07 Å². The number of benzene rings is 2. The third kappa shape index (κ3) is 4.27. The number of nitrogens with one attached hydrogen (secondary N) is 1. The van der Waals surface area contributed by atoms with Crippen molar-refractivity contribution in [2.75, 3.05) is 13.1 Å². The van der Waals surface area contributed by atoms with Gasteiger partial charge in [-0.1, -0.05) is 24.3 Å². The molecule has 0 aromatic heterocycles. The number of hydrogen-bond acceptors (Lipinski definition) is 4. The van der Waals surface area contributed by atoms with Crippen molar-refractivity contribution in [2.24, 2.45) is 0 Å². The molecule has 2 saturated heterocycles. The van der Waals surface area contributed by atoms with Crippen molar-refractivity contribution < 1.29 is 18.8 Å². The molecule has 6 rings (SSSR count). The molecule has 3 aliphatic heterocycles. The number of fused-ring (bicyclic) bond motifs is 1. The SMILES string of the molecule is O=C1CCC(N2Cc3c(cc(F)cc3C3CCN(Cc4ccccc4C4CC4)CC3)C2=O)C(=O)N1. The first-order valence-corrected chi connectivity index (χ1v) is 12.7. The summed E-state index contributed by atoms with van der Waals surface area (Å²) in [5.41, 5.74) is 5.03. The second-order valence-electron chi connectivity index (χ2n) is 10.4. The summed E-state index contributed by atoms with van der Waals surface area (Å²) >= 11 is 0. The van der Waals surface area contributed by atoms with Crippen molar-refractivity contribution in [3.05, 3.63) is 70.0 Å². The maximum absolute atomic E-state index is 14.6. The van der Waals surface area contributed by atoms with E-state index in [2.05, 4.69) is 34.5 Å². The predicted octanol–water partition coefficient (Wildman–Crippen LogP) is 3.84. The topological polar surface area (TPSA) is 69.7 Å². The third-order valence-corrected chi connectivity index (χ3v) is 8.15. The Hall–Kier alpha value is -3.06. The summed E-state index contributed by atoms with van der Waals surface area (Å²) in [5, 5.41) is 2.33. The number of amides is 3. The molecular formula is C28H30FN3O3. The number of hydrogen-bond donors (Lipinski definition) is 1. The normalized spacial score (nSPS) is 23.5. The number of carbonyl (C=O) groups is 3. The molecule has 3 fully saturated rings. The van der Waals surface area contributed by atoms with Crippen LogP contribution < -0.4 is 5.32 Å². The van der Waals surface area contributed by atoms with E-state index in [1.807, 2.05) is 0 Å². The largest absolute Gasteiger partial charge is 0.322 e. The van der Waals surface area contributed by atoms with Crippen LogP contribution in [0.4, 0.5) is 4.39 Å². The van der Waals surface area contributed by atoms with Gasteiger partial charge in [0.25, 0.3) is 5.91 Å². The highest BCUT2D eigenvalue weighted by molar-refractivity contribution is 6.05. The quantitative estimate of drug-likeness (QED) is 0.667. The maximum Gasteiger partial charge on any atom is 0.255 e. The van der Waals surface area contributed by atoms with Gasteiger partial charge in [-0.05, 0) is 91.4 Å². The molecule has 1 saturated carbocycles. The lowest BCUT2D eigenvalue weighted by Gasteiger charge is -2.33. The number of likely N-dealkylation sites (tertiary alicyclic amines) is 1. The number of carbonyl (C=O) groups excluding carboxylic acids is 3. The molecule has 4 aliphatic rings. The third-order valence-electron chi connectivity index (χ3n) is 8.15. The lowest BCUT2D eigenvalue weighted by Crippen LogP contribution is -2.52. The Labute approximate surface area is 204 Å². The van der Waals surface area contributed by atoms with Crippen molar-refractivity contribution in [3.63, 3.8) is 0 Å². The lowest BCUT2D eigenvalue weighted by molar-refractivity contribution is -0.136. The van der Waals surface area contributed by atoms with Gasteiger partial charge < -0.3 is 4.90 Å². The molecule has 6 nitrogen and oxygen atoms in total. The van der Waals surface area contributed by atoms with E-state index in [-0.39, 0.29) is 24.2 Å². The van der Waals surface area contributed by atoms with Crippen LogP contribution in [0.1, 0.15) is 83.0 Å². The first-order chi connectivity index (χ1) is 17.0. The van der Waals surface area contributed by atoms with Crippen LogP contribution in [0.5, 0.6) is 0 Å². The molecule has 1 N–H and O–H groups in total. The fourth-order valence-corrected chi connectivity index (χ4v) is 6.13. The minimum atomic E-state index is -0.683. The summed E-state index contributed by atoms with van der Waals surface area (Å²) in [5.74, 6) is -0.562. The van der Waals surface area contributed by atoms with Crippen molar-refractivity contribution in [1.82, 2.24) is 15.1 Å². The Morgan fingerprint density at radius 3 is 2.40 bits per heavy atom. The zero-order valence-electron chi connectivity index (χ0n) is 19.8. The summed E-state index contributed by atoms with van der Waals surface area (Å²) in [4.78, 5) is 41.1. The highest BCUT2D eigenvalue weighted by Crippen LogP contribution is 2.42. The monoisotopic (exact) mass is 475 g/mol. The molecule has 0 bridgehead atoms. The lowest BCUT2D eigenvalue weighted by atomic mass is 9.85. The van der Waals surface area contributed by atoms with Crippen LogP contribution in [0, 0.1) is 5.82 Å². The van der Waals surface area contributed by atoms with Gasteiger partial charge in [0, 0.05) is 25.1 Å². The number of halogens is 1. The van der Waals surface area contributed by atoms with E-state index in [4.69, 9.17) is 0 Å². The predicted molar refractivity (Wildman–Crippen MR) is 128 cm³/mol. The van der Waals surface area contributed by atoms with E-state index in [9.17, 15) is 18.8 Å². The first-order valence-electron chi connectivity index (χ1n) is 12.7. The number of piperidine rings is 2. The van der Waals surface area contributed by atoms with Crippen LogP contribution in [0.25, 0.3) is 0 Å². The second kappa shape index (κ2) is 8.86. The zero-order valence-corrected chi connectivity index (χ0v) is 19.8. The Kier molecular flexibility index (Phi) is 5.67. The van der Waals surface area contributed by atoms with Gasteiger partial charge in [0.15, 0.2) is 0 Å². The fraction of sp³-hybridized carbons (Fsp3) is 0.464. The van der Waals surface area contributed by atoms with E-state index < -0.39 is 17.8 Å². The fourth-order valence-electron chi connectivity index (χ4n) is 6.13. The van der Waals surface area contributed by atoms with Gasteiger partial charge in [-0.2, -0.15) is 0 Å². The molecule has 7 heteroatoms. The maximum atomic E-state index is 14.6. The second-order valence-corrected chi connectivity index (χ2v) is 10.4. The van der Waals surface area contributed by atoms with Crippen molar-refractivity contribution >= 4 is 17.7 Å². The summed E-state index contributed by atoms with van der Waals surface area (Å²) in [6, 6.07) is 11.0. The molecule has 35 heavy (non-hydrogen) atoms. The molecule has 0 radical (unpaired) electrons. The smallest absolute Gasteiger partial charge is 0.255 e. The highest BCUT2D eigenvalue weighted by Gasteiger charge is 2.41. The first kappa shape index (κ1) is 22.4. The van der Waals surface area contributed by atoms with Crippen LogP contribution in [-0.4, -0.2) is 46.7 Å². The summed E-state index contributed by atoms with van der Waals surface area (Å²) in [7, 11) is 0. The van der Waals surface area contributed by atoms with Gasteiger partial charge in [-0.15, -0.1) is 0 Å². The van der Waals surface area contributed by atoms with Crippen LogP contribution in [0.3, 0.4) is 0 Å². The molecule has 3 amide bonds. The number of rotatable bonds is 5. The molecule has 1 aliphatic carbocycles. The average Bonchev–Trinajstić information content (AvgIpc) is 3.64. The van der Waals surface area contributed by atoms with E-state index in [1.165, 1.54) is 34.9 Å². The molecular weight excluding hydrogens is 445 g/mol. The molecule has 1 atom stereocenters. The van der Waals surface area contributed by atoms with Gasteiger partial charge in [0.1, 0.15) is 11.9 Å². The van der Waals surface area contributed by atoms with Gasteiger partial charge in [-0.25, -0.2) is 4.39 Å². The Morgan fingerprint density at radius 1 is 0.914 bits per heavy atom. The van der Waals surface area contributed by atoms with E-state index in [0.717, 1.165) is 49.5 Å². The van der Waals surface area contributed by atoms with Crippen molar-refractivity contribution in [2.45, 2.75) is 69.5 Å². The average molecular weight is 476 g/mol. The van der Waals surface area contributed by atoms with Crippen LogP contribution in [0.2, 0.25) is 0 Å². The molecule has 182 valence electrons. The Bertz CT molecular complexity index is 1200. The van der Waals surface area contributed by atoms with Gasteiger partial charge in [-0.3, -0.25) is 24.6 Å². The summed E-state index contributed by atoms with van der Waals surface area (Å²) < 4.78 is 14.6. The van der Waals surface area contributed by atoms with Crippen LogP contribution in [0.15, 0.2) is 36.4 Å². The highest BCUT2D eigenvalue weighted by atomic mass is 19.1. The minimum Gasteiger partial charge on any atom is -0.322 e. The van der Waals surface area contributed by atoms with Gasteiger partial charge in [0.05, 0.1) is 0 Å². The van der Waals surface area contributed by atoms with E-state index in [0.29, 0.717) is 18.5 Å². The van der Waals surface area contributed by atoms with E-state index >= 15 is 0 Å². The van der Waals surface area contributed by atoms with Crippen molar-refractivity contribution in [3.8, 4) is 0 Å². The Morgan fingerprint density at radius 2 is 1.66 bits per heavy atom. The molecule has 2 aromatic rings. The Balaban J connectivity index is 1.17. The molecule has 0 spiro atoms. The molecule has 1 unspecified atom stereocenters. The molecule has 2 aromatic carbocycles. The van der Waals surface area contributed by atoms with Crippen molar-refractivity contribution in [1.29, 1.82) is 0 Å². The summed E-state index contributed by atoms with van der Waals surface area (Å²) in [6.07, 6.45) is 4.92. The minimum absolute atomic E-state index is 0.184. The van der Waals surface area contributed by atoms with Gasteiger partial charge >= 0.3 is 0 Å². The van der Waals surface area contributed by atoms with Crippen LogP contribution in [-0.2, 0) is 22.7 Å². The zero-order chi connectivity index (χ0) is 24.1. The number of imide groups is 1. The standard InChI is InChI=1S/C28H30FN3O3/c29-20-13-22(24-16-32(28(35)23(24)14-20)25-7-8-26(33)30-27(25)34)18-9-11-31(12-10-18)15-19-3-1-2-4-21(19)17-5-6-17/h1-4,13-14,17-18,25H,5-12,15-16H2,(H,30,33,34). The van der Waals surface area contributed by atoms with Gasteiger partial charge in [0.2, 0.25) is 11.8 Å².